The standard InChI is InChI=1S/C59H105NO13/c1-3-5-7-9-11-13-14-15-16-17-18-19-20-21-22-23-24-25-26-27-28-29-30-31-32-33-34-35-37-39-41-43-51(64)60-47(48(63)42-40-38-36-12-10-8-6-4-2)46-70-58-56(69)54(67)57(50(45-62)72-58)73-59-55(68)53(66)52(65)49(44-61)71-59/h5,7,11,13,15-16,18-19,21-22,47-50,52-59,61-63,65-69H,3-4,6,8-10,12,14,17,20,23-46H2,1-2H3,(H,60,64)/b7-5-,13-11-,16-15-,19-18-,22-21-. The van der Waals surface area contributed by atoms with Crippen molar-refractivity contribution in [2.45, 2.75) is 286 Å². The first-order chi connectivity index (χ1) is 35.6. The molecule has 0 saturated carbocycles. The molecule has 0 aromatic rings. The third-order valence-electron chi connectivity index (χ3n) is 14.0. The largest absolute Gasteiger partial charge is 0.394 e. The van der Waals surface area contributed by atoms with Crippen LogP contribution in [0.1, 0.15) is 213 Å². The lowest BCUT2D eigenvalue weighted by atomic mass is 9.97. The highest BCUT2D eigenvalue weighted by atomic mass is 16.7. The maximum Gasteiger partial charge on any atom is 0.220 e. The van der Waals surface area contributed by atoms with Gasteiger partial charge in [-0.25, -0.2) is 0 Å². The van der Waals surface area contributed by atoms with Crippen LogP contribution in [0.15, 0.2) is 60.8 Å². The van der Waals surface area contributed by atoms with Crippen LogP contribution < -0.4 is 5.32 Å². The minimum atomic E-state index is -1.78. The molecule has 2 aliphatic rings. The van der Waals surface area contributed by atoms with Crippen molar-refractivity contribution in [3.63, 3.8) is 0 Å². The van der Waals surface area contributed by atoms with Crippen LogP contribution in [0.2, 0.25) is 0 Å². The van der Waals surface area contributed by atoms with E-state index < -0.39 is 86.8 Å². The predicted octanol–water partition coefficient (Wildman–Crippen LogP) is 9.39. The van der Waals surface area contributed by atoms with Gasteiger partial charge in [-0.15, -0.1) is 0 Å². The number of unbranched alkanes of at least 4 members (excludes halogenated alkanes) is 22. The second-order valence-electron chi connectivity index (χ2n) is 20.4. The molecular formula is C59H105NO13. The molecule has 424 valence electrons. The highest BCUT2D eigenvalue weighted by molar-refractivity contribution is 5.76. The molecule has 2 saturated heterocycles. The first-order valence-electron chi connectivity index (χ1n) is 29.0. The third kappa shape index (κ3) is 30.9. The Bertz CT molecular complexity index is 1450. The number of aliphatic hydroxyl groups excluding tert-OH is 8. The van der Waals surface area contributed by atoms with Gasteiger partial charge in [0.2, 0.25) is 5.91 Å². The van der Waals surface area contributed by atoms with Crippen LogP contribution in [0.5, 0.6) is 0 Å². The topological polar surface area (TPSA) is 228 Å². The molecule has 2 heterocycles. The molecule has 12 atom stereocenters. The van der Waals surface area contributed by atoms with E-state index in [2.05, 4.69) is 79.9 Å². The maximum atomic E-state index is 13.2. The van der Waals surface area contributed by atoms with Gasteiger partial charge in [0.05, 0.1) is 32.0 Å². The normalized spacial score (nSPS) is 25.8. The number of hydrogen-bond acceptors (Lipinski definition) is 13. The van der Waals surface area contributed by atoms with E-state index >= 15 is 0 Å². The Kier molecular flexibility index (Phi) is 41.0. The molecule has 2 rings (SSSR count). The summed E-state index contributed by atoms with van der Waals surface area (Å²) in [5, 5.41) is 86.8. The fourth-order valence-corrected chi connectivity index (χ4v) is 9.32. The first kappa shape index (κ1) is 66.8. The van der Waals surface area contributed by atoms with Gasteiger partial charge in [0, 0.05) is 6.42 Å². The average molecular weight is 1040 g/mol. The van der Waals surface area contributed by atoms with Crippen molar-refractivity contribution in [2.75, 3.05) is 19.8 Å². The van der Waals surface area contributed by atoms with Crippen molar-refractivity contribution < 1.29 is 64.6 Å². The number of rotatable bonds is 45. The lowest BCUT2D eigenvalue weighted by Crippen LogP contribution is -2.65. The van der Waals surface area contributed by atoms with Crippen LogP contribution in [-0.4, -0.2) is 140 Å². The molecule has 0 bridgehead atoms. The van der Waals surface area contributed by atoms with E-state index in [1.165, 1.54) is 103 Å². The fourth-order valence-electron chi connectivity index (χ4n) is 9.32. The number of ether oxygens (including phenoxy) is 4. The molecule has 0 aliphatic carbocycles. The van der Waals surface area contributed by atoms with Crippen molar-refractivity contribution in [3.8, 4) is 0 Å². The summed E-state index contributed by atoms with van der Waals surface area (Å²) in [7, 11) is 0. The van der Waals surface area contributed by atoms with Crippen molar-refractivity contribution in [1.29, 1.82) is 0 Å². The summed E-state index contributed by atoms with van der Waals surface area (Å²) >= 11 is 0. The number of hydrogen-bond donors (Lipinski definition) is 9. The minimum absolute atomic E-state index is 0.212. The zero-order valence-corrected chi connectivity index (χ0v) is 45.4. The second-order valence-corrected chi connectivity index (χ2v) is 20.4. The lowest BCUT2D eigenvalue weighted by molar-refractivity contribution is -0.359. The maximum absolute atomic E-state index is 13.2. The Morgan fingerprint density at radius 1 is 0.507 bits per heavy atom. The van der Waals surface area contributed by atoms with Crippen molar-refractivity contribution in [2.24, 2.45) is 0 Å². The van der Waals surface area contributed by atoms with E-state index in [0.29, 0.717) is 12.8 Å². The molecule has 0 radical (unpaired) electrons. The Labute approximate surface area is 441 Å². The summed E-state index contributed by atoms with van der Waals surface area (Å²) in [6.45, 7) is 2.70. The quantitative estimate of drug-likeness (QED) is 0.0205. The van der Waals surface area contributed by atoms with Gasteiger partial charge >= 0.3 is 0 Å². The molecule has 73 heavy (non-hydrogen) atoms. The van der Waals surface area contributed by atoms with E-state index in [1.807, 2.05) is 0 Å². The van der Waals surface area contributed by atoms with Gasteiger partial charge in [0.25, 0.3) is 0 Å². The molecule has 14 heteroatoms. The highest BCUT2D eigenvalue weighted by Gasteiger charge is 2.51. The van der Waals surface area contributed by atoms with E-state index in [1.54, 1.807) is 0 Å². The SMILES string of the molecule is CC/C=C\C/C=C\C/C=C\C/C=C\C/C=C\CCCCCCCCCCCCCCCCCC(=O)NC(COC1OC(CO)C(OC2OC(CO)C(O)C(O)C2O)C(O)C1O)C(O)CCCCCCCCCC. The van der Waals surface area contributed by atoms with Crippen LogP contribution in [0.25, 0.3) is 0 Å². The van der Waals surface area contributed by atoms with E-state index in [4.69, 9.17) is 18.9 Å². The van der Waals surface area contributed by atoms with Gasteiger partial charge in [0.1, 0.15) is 48.8 Å². The van der Waals surface area contributed by atoms with Crippen LogP contribution in [-0.2, 0) is 23.7 Å². The van der Waals surface area contributed by atoms with Crippen LogP contribution in [0.4, 0.5) is 0 Å². The lowest BCUT2D eigenvalue weighted by Gasteiger charge is -2.46. The van der Waals surface area contributed by atoms with E-state index in [0.717, 1.165) is 83.5 Å². The Morgan fingerprint density at radius 3 is 1.45 bits per heavy atom. The van der Waals surface area contributed by atoms with Gasteiger partial charge < -0.3 is 65.1 Å². The highest BCUT2D eigenvalue weighted by Crippen LogP contribution is 2.30. The molecule has 9 N–H and O–H groups in total. The van der Waals surface area contributed by atoms with Gasteiger partial charge in [-0.05, 0) is 57.8 Å². The van der Waals surface area contributed by atoms with Crippen molar-refractivity contribution in [1.82, 2.24) is 5.32 Å². The third-order valence-corrected chi connectivity index (χ3v) is 14.0. The zero-order valence-electron chi connectivity index (χ0n) is 45.4. The molecule has 2 fully saturated rings. The Balaban J connectivity index is 1.61. The van der Waals surface area contributed by atoms with Gasteiger partial charge in [-0.2, -0.15) is 0 Å². The van der Waals surface area contributed by atoms with Crippen molar-refractivity contribution >= 4 is 5.91 Å². The van der Waals surface area contributed by atoms with Crippen LogP contribution >= 0.6 is 0 Å². The number of amides is 1. The van der Waals surface area contributed by atoms with Crippen molar-refractivity contribution in [3.05, 3.63) is 60.8 Å². The van der Waals surface area contributed by atoms with Gasteiger partial charge in [0.15, 0.2) is 12.6 Å². The van der Waals surface area contributed by atoms with E-state index in [-0.39, 0.29) is 12.5 Å². The predicted molar refractivity (Wildman–Crippen MR) is 290 cm³/mol. The first-order valence-corrected chi connectivity index (χ1v) is 29.0. The summed E-state index contributed by atoms with van der Waals surface area (Å²) in [4.78, 5) is 13.2. The summed E-state index contributed by atoms with van der Waals surface area (Å²) in [5.41, 5.74) is 0. The Hall–Kier alpha value is -2.31. The molecule has 0 aromatic carbocycles. The number of allylic oxidation sites excluding steroid dienone is 10. The number of nitrogens with one attached hydrogen (secondary N) is 1. The molecule has 14 nitrogen and oxygen atoms in total. The molecule has 1 amide bonds. The molecule has 12 unspecified atom stereocenters. The summed E-state index contributed by atoms with van der Waals surface area (Å²) < 4.78 is 22.7. The second kappa shape index (κ2) is 44.8. The summed E-state index contributed by atoms with van der Waals surface area (Å²) in [6, 6.07) is -0.827. The minimum Gasteiger partial charge on any atom is -0.394 e. The smallest absolute Gasteiger partial charge is 0.220 e. The molecular weight excluding hydrogens is 931 g/mol. The van der Waals surface area contributed by atoms with Crippen LogP contribution in [0, 0.1) is 0 Å². The van der Waals surface area contributed by atoms with Gasteiger partial charge in [-0.1, -0.05) is 209 Å². The number of aliphatic hydroxyl groups is 8. The van der Waals surface area contributed by atoms with Gasteiger partial charge in [-0.3, -0.25) is 4.79 Å². The summed E-state index contributed by atoms with van der Waals surface area (Å²) in [6.07, 6.45) is 39.7. The Morgan fingerprint density at radius 2 is 0.945 bits per heavy atom. The zero-order chi connectivity index (χ0) is 53.2. The molecule has 0 spiro atoms. The number of carbonyl (C=O) groups excluding carboxylic acids is 1. The summed E-state index contributed by atoms with van der Waals surface area (Å²) in [5.74, 6) is -0.212. The van der Waals surface area contributed by atoms with E-state index in [9.17, 15) is 45.6 Å². The average Bonchev–Trinajstić information content (AvgIpc) is 3.39. The molecule has 0 aromatic heterocycles. The fraction of sp³-hybridized carbons (Fsp3) is 0.814. The monoisotopic (exact) mass is 1040 g/mol. The molecule has 2 aliphatic heterocycles. The number of carbonyl (C=O) groups is 1. The van der Waals surface area contributed by atoms with Crippen LogP contribution in [0.3, 0.4) is 0 Å².